The molecule has 13 heavy (non-hydrogen) atoms. The van der Waals surface area contributed by atoms with Gasteiger partial charge < -0.3 is 0 Å². The Hall–Kier alpha value is -1.22. The molecular formula is C10H9BrN2. The van der Waals surface area contributed by atoms with Crippen LogP contribution in [0.5, 0.6) is 0 Å². The van der Waals surface area contributed by atoms with Crippen LogP contribution in [0, 0.1) is 0 Å². The lowest BCUT2D eigenvalue weighted by molar-refractivity contribution is 1.24. The number of allylic oxidation sites excluding steroid dienone is 2. The van der Waals surface area contributed by atoms with Crippen LogP contribution >= 0.6 is 15.9 Å². The zero-order valence-electron chi connectivity index (χ0n) is 7.07. The van der Waals surface area contributed by atoms with Gasteiger partial charge in [-0.1, -0.05) is 12.7 Å². The average Bonchev–Trinajstić information content (AvgIpc) is 2.16. The molecular weight excluding hydrogens is 228 g/mol. The van der Waals surface area contributed by atoms with Crippen LogP contribution in [0.25, 0.3) is 5.70 Å². The van der Waals surface area contributed by atoms with E-state index in [0.717, 1.165) is 15.9 Å². The van der Waals surface area contributed by atoms with E-state index in [1.807, 2.05) is 12.1 Å². The lowest BCUT2D eigenvalue weighted by Gasteiger charge is -1.98. The van der Waals surface area contributed by atoms with Gasteiger partial charge in [0.15, 0.2) is 0 Å². The zero-order chi connectivity index (χ0) is 9.68. The molecule has 66 valence electrons. The maximum atomic E-state index is 4.17. The van der Waals surface area contributed by atoms with E-state index in [9.17, 15) is 0 Å². The minimum atomic E-state index is 0.725. The Morgan fingerprint density at radius 3 is 2.77 bits per heavy atom. The molecule has 1 rings (SSSR count). The standard InChI is InChI=1S/C10H9BrN2/c1-3-4-9(12-2)10-6-5-8(11)7-13-10/h3-7H,1-2H2/b9-4-. The van der Waals surface area contributed by atoms with Crippen molar-refractivity contribution in [1.82, 2.24) is 4.98 Å². The third-order valence-corrected chi connectivity index (χ3v) is 1.90. The predicted octanol–water partition coefficient (Wildman–Crippen LogP) is 3.07. The van der Waals surface area contributed by atoms with E-state index in [2.05, 4.69) is 39.2 Å². The molecule has 0 spiro atoms. The second-order valence-corrected chi connectivity index (χ2v) is 3.22. The second-order valence-electron chi connectivity index (χ2n) is 2.31. The summed E-state index contributed by atoms with van der Waals surface area (Å²) in [7, 11) is 0. The summed E-state index contributed by atoms with van der Waals surface area (Å²) in [6.45, 7) is 7.05. The molecule has 0 saturated heterocycles. The highest BCUT2D eigenvalue weighted by atomic mass is 79.9. The minimum absolute atomic E-state index is 0.725. The molecule has 0 fully saturated rings. The highest BCUT2D eigenvalue weighted by Crippen LogP contribution is 2.15. The van der Waals surface area contributed by atoms with Crippen molar-refractivity contribution in [3.63, 3.8) is 0 Å². The summed E-state index contributed by atoms with van der Waals surface area (Å²) in [5, 5.41) is 0. The number of rotatable bonds is 3. The largest absolute Gasteiger partial charge is 0.262 e. The highest BCUT2D eigenvalue weighted by molar-refractivity contribution is 9.10. The van der Waals surface area contributed by atoms with Crippen molar-refractivity contribution in [3.8, 4) is 0 Å². The number of halogens is 1. The van der Waals surface area contributed by atoms with Crippen LogP contribution in [-0.4, -0.2) is 11.7 Å². The maximum Gasteiger partial charge on any atom is 0.0886 e. The summed E-state index contributed by atoms with van der Waals surface area (Å²) < 4.78 is 0.943. The summed E-state index contributed by atoms with van der Waals surface area (Å²) in [5.41, 5.74) is 1.51. The topological polar surface area (TPSA) is 25.2 Å². The summed E-state index contributed by atoms with van der Waals surface area (Å²) in [6, 6.07) is 3.78. The molecule has 0 aliphatic rings. The second kappa shape index (κ2) is 4.72. The van der Waals surface area contributed by atoms with Gasteiger partial charge in [-0.2, -0.15) is 0 Å². The Bertz CT molecular complexity index is 338. The van der Waals surface area contributed by atoms with Gasteiger partial charge in [0.25, 0.3) is 0 Å². The summed E-state index contributed by atoms with van der Waals surface area (Å²) >= 11 is 3.31. The molecule has 0 bridgehead atoms. The van der Waals surface area contributed by atoms with Gasteiger partial charge in [-0.15, -0.1) is 0 Å². The Kier molecular flexibility index (Phi) is 3.58. The summed E-state index contributed by atoms with van der Waals surface area (Å²) in [4.78, 5) is 8.01. The van der Waals surface area contributed by atoms with Crippen molar-refractivity contribution >= 4 is 28.3 Å². The number of nitrogens with zero attached hydrogens (tertiary/aromatic N) is 2. The molecule has 2 nitrogen and oxygen atoms in total. The molecule has 3 heteroatoms. The van der Waals surface area contributed by atoms with Crippen molar-refractivity contribution in [3.05, 3.63) is 47.2 Å². The smallest absolute Gasteiger partial charge is 0.0886 e. The number of aromatic nitrogens is 1. The molecule has 0 N–H and O–H groups in total. The number of hydrogen-bond acceptors (Lipinski definition) is 2. The van der Waals surface area contributed by atoms with Crippen LogP contribution in [-0.2, 0) is 0 Å². The molecule has 0 amide bonds. The maximum absolute atomic E-state index is 4.17. The van der Waals surface area contributed by atoms with Crippen molar-refractivity contribution in [2.75, 3.05) is 0 Å². The van der Waals surface area contributed by atoms with E-state index in [1.165, 1.54) is 0 Å². The number of aliphatic imine (C=N–C) groups is 1. The molecule has 1 aromatic heterocycles. The van der Waals surface area contributed by atoms with E-state index in [1.54, 1.807) is 18.3 Å². The first-order chi connectivity index (χ1) is 6.27. The lowest BCUT2D eigenvalue weighted by Crippen LogP contribution is -1.85. The molecule has 0 unspecified atom stereocenters. The molecule has 0 aliphatic heterocycles. The van der Waals surface area contributed by atoms with Gasteiger partial charge in [-0.3, -0.25) is 9.98 Å². The zero-order valence-corrected chi connectivity index (χ0v) is 8.66. The minimum Gasteiger partial charge on any atom is -0.262 e. The Labute approximate surface area is 85.9 Å². The fraction of sp³-hybridized carbons (Fsp3) is 0. The highest BCUT2D eigenvalue weighted by Gasteiger charge is 1.98. The third kappa shape index (κ3) is 2.63. The molecule has 1 aromatic rings. The van der Waals surface area contributed by atoms with Gasteiger partial charge >= 0.3 is 0 Å². The molecule has 0 aliphatic carbocycles. The van der Waals surface area contributed by atoms with Gasteiger partial charge in [0.1, 0.15) is 0 Å². The van der Waals surface area contributed by atoms with Crippen LogP contribution in [0.15, 0.2) is 46.5 Å². The first-order valence-corrected chi connectivity index (χ1v) is 4.48. The third-order valence-electron chi connectivity index (χ3n) is 1.44. The van der Waals surface area contributed by atoms with Crippen LogP contribution in [0.1, 0.15) is 5.69 Å². The van der Waals surface area contributed by atoms with Crippen LogP contribution < -0.4 is 0 Å². The Morgan fingerprint density at radius 2 is 2.31 bits per heavy atom. The molecule has 0 atom stereocenters. The molecule has 1 heterocycles. The number of hydrogen-bond donors (Lipinski definition) is 0. The normalized spacial score (nSPS) is 11.0. The lowest BCUT2D eigenvalue weighted by atomic mass is 10.2. The van der Waals surface area contributed by atoms with Crippen LogP contribution in [0.3, 0.4) is 0 Å². The first kappa shape index (κ1) is 9.86. The number of pyridine rings is 1. The molecule has 0 aromatic carbocycles. The van der Waals surface area contributed by atoms with E-state index in [4.69, 9.17) is 0 Å². The fourth-order valence-electron chi connectivity index (χ4n) is 0.858. The molecule has 0 saturated carbocycles. The summed E-state index contributed by atoms with van der Waals surface area (Å²) in [5.74, 6) is 0. The van der Waals surface area contributed by atoms with Crippen molar-refractivity contribution in [1.29, 1.82) is 0 Å². The van der Waals surface area contributed by atoms with Crippen molar-refractivity contribution in [2.24, 2.45) is 4.99 Å². The van der Waals surface area contributed by atoms with Gasteiger partial charge in [0.05, 0.1) is 11.4 Å². The monoisotopic (exact) mass is 236 g/mol. The Balaban J connectivity index is 3.06. The summed E-state index contributed by atoms with van der Waals surface area (Å²) in [6.07, 6.45) is 5.15. The van der Waals surface area contributed by atoms with Gasteiger partial charge in [-0.25, -0.2) is 0 Å². The average molecular weight is 237 g/mol. The predicted molar refractivity (Wildman–Crippen MR) is 59.7 cm³/mol. The van der Waals surface area contributed by atoms with Crippen LogP contribution in [0.4, 0.5) is 0 Å². The van der Waals surface area contributed by atoms with E-state index < -0.39 is 0 Å². The van der Waals surface area contributed by atoms with Crippen molar-refractivity contribution in [2.45, 2.75) is 0 Å². The van der Waals surface area contributed by atoms with Gasteiger partial charge in [-0.05, 0) is 40.9 Å². The quantitative estimate of drug-likeness (QED) is 0.585. The van der Waals surface area contributed by atoms with E-state index in [0.29, 0.717) is 0 Å². The molecule has 0 radical (unpaired) electrons. The Morgan fingerprint density at radius 1 is 1.54 bits per heavy atom. The SMILES string of the molecule is C=C/C=C(\N=C)c1ccc(Br)cn1. The van der Waals surface area contributed by atoms with Gasteiger partial charge in [0, 0.05) is 10.7 Å². The van der Waals surface area contributed by atoms with Gasteiger partial charge in [0.2, 0.25) is 0 Å². The fourth-order valence-corrected chi connectivity index (χ4v) is 1.09. The van der Waals surface area contributed by atoms with E-state index in [-0.39, 0.29) is 0 Å². The first-order valence-electron chi connectivity index (χ1n) is 3.69. The van der Waals surface area contributed by atoms with E-state index >= 15 is 0 Å². The van der Waals surface area contributed by atoms with Crippen molar-refractivity contribution < 1.29 is 0 Å². The van der Waals surface area contributed by atoms with Crippen LogP contribution in [0.2, 0.25) is 0 Å².